The number of methoxy groups -OCH3 is 1. The minimum Gasteiger partial charge on any atom is -0.452 e. The molecule has 0 saturated carbocycles. The largest absolute Gasteiger partial charge is 0.452 e. The molecule has 0 spiro atoms. The quantitative estimate of drug-likeness (QED) is 0.601. The van der Waals surface area contributed by atoms with Crippen molar-refractivity contribution in [1.29, 1.82) is 0 Å². The Balaban J connectivity index is 4.06. The molecule has 1 atom stereocenters. The molecular formula is C4H8ClNO3S. The Morgan fingerprint density at radius 1 is 1.80 bits per heavy atom. The molecule has 0 radical (unpaired) electrons. The van der Waals surface area contributed by atoms with E-state index in [1.807, 2.05) is 0 Å². The fourth-order valence-corrected chi connectivity index (χ4v) is 1.25. The van der Waals surface area contributed by atoms with Gasteiger partial charge < -0.3 is 4.74 Å². The molecule has 0 N–H and O–H groups in total. The molecule has 1 unspecified atom stereocenters. The van der Waals surface area contributed by atoms with E-state index in [9.17, 15) is 9.00 Å². The van der Waals surface area contributed by atoms with Crippen molar-refractivity contribution in [2.45, 2.75) is 6.92 Å². The Morgan fingerprint density at radius 3 is 2.40 bits per heavy atom. The zero-order valence-corrected chi connectivity index (χ0v) is 7.24. The maximum absolute atomic E-state index is 10.6. The molecule has 60 valence electrons. The van der Waals surface area contributed by atoms with Crippen LogP contribution in [0.15, 0.2) is 0 Å². The summed E-state index contributed by atoms with van der Waals surface area (Å²) in [5.41, 5.74) is 0. The highest BCUT2D eigenvalue weighted by Gasteiger charge is 2.15. The molecule has 0 rings (SSSR count). The topological polar surface area (TPSA) is 46.6 Å². The van der Waals surface area contributed by atoms with Gasteiger partial charge in [-0.3, -0.25) is 0 Å². The number of carbonyl (C=O) groups excluding carboxylic acids is 1. The van der Waals surface area contributed by atoms with E-state index in [2.05, 4.69) is 4.74 Å². The third-order valence-corrected chi connectivity index (χ3v) is 2.09. The maximum atomic E-state index is 10.6. The average Bonchev–Trinajstić information content (AvgIpc) is 1.88. The summed E-state index contributed by atoms with van der Waals surface area (Å²) < 4.78 is 15.6. The summed E-state index contributed by atoms with van der Waals surface area (Å²) in [6, 6.07) is 0. The number of nitrogens with zero attached hydrogens (tertiary/aromatic N) is 1. The van der Waals surface area contributed by atoms with Gasteiger partial charge in [0, 0.05) is 17.2 Å². The van der Waals surface area contributed by atoms with Crippen LogP contribution in [0.3, 0.4) is 0 Å². The van der Waals surface area contributed by atoms with Crippen LogP contribution in [0.2, 0.25) is 0 Å². The lowest BCUT2D eigenvalue weighted by Gasteiger charge is -2.12. The lowest BCUT2D eigenvalue weighted by molar-refractivity contribution is 0.152. The summed E-state index contributed by atoms with van der Waals surface area (Å²) in [6.45, 7) is 1.92. The Kier molecular flexibility index (Phi) is 4.38. The van der Waals surface area contributed by atoms with Crippen LogP contribution in [0.25, 0.3) is 0 Å². The van der Waals surface area contributed by atoms with Crippen molar-refractivity contribution in [2.75, 3.05) is 13.7 Å². The van der Waals surface area contributed by atoms with Crippen LogP contribution in [0, 0.1) is 0 Å². The highest BCUT2D eigenvalue weighted by Crippen LogP contribution is 2.01. The molecule has 0 aliphatic carbocycles. The normalized spacial score (nSPS) is 12.3. The molecule has 6 heteroatoms. The van der Waals surface area contributed by atoms with Gasteiger partial charge in [-0.25, -0.2) is 13.3 Å². The van der Waals surface area contributed by atoms with E-state index in [4.69, 9.17) is 10.7 Å². The first-order chi connectivity index (χ1) is 4.63. The number of carbonyl (C=O) groups is 1. The molecular weight excluding hydrogens is 178 g/mol. The number of amides is 1. The minimum absolute atomic E-state index is 0.267. The van der Waals surface area contributed by atoms with Gasteiger partial charge in [0.05, 0.1) is 7.11 Å². The van der Waals surface area contributed by atoms with E-state index in [0.29, 0.717) is 0 Å². The SMILES string of the molecule is CCN(C(=O)OC)S(=O)Cl. The fourth-order valence-electron chi connectivity index (χ4n) is 0.391. The number of hydrogen-bond acceptors (Lipinski definition) is 3. The van der Waals surface area contributed by atoms with Gasteiger partial charge in [0.1, 0.15) is 0 Å². The standard InChI is InChI=1S/C4H8ClNO3S/c1-3-6(10(5)8)4(7)9-2/h3H2,1-2H3. The van der Waals surface area contributed by atoms with Gasteiger partial charge >= 0.3 is 6.09 Å². The van der Waals surface area contributed by atoms with Gasteiger partial charge in [0.2, 0.25) is 10.2 Å². The second-order valence-corrected chi connectivity index (χ2v) is 3.02. The van der Waals surface area contributed by atoms with E-state index in [1.54, 1.807) is 6.92 Å². The number of rotatable bonds is 2. The van der Waals surface area contributed by atoms with Crippen molar-refractivity contribution in [2.24, 2.45) is 0 Å². The van der Waals surface area contributed by atoms with Crippen molar-refractivity contribution >= 4 is 27.0 Å². The Bertz CT molecular complexity index is 151. The molecule has 0 aliphatic heterocycles. The zero-order valence-electron chi connectivity index (χ0n) is 5.67. The highest BCUT2D eigenvalue weighted by atomic mass is 35.7. The lowest BCUT2D eigenvalue weighted by Crippen LogP contribution is -2.29. The third-order valence-electron chi connectivity index (χ3n) is 0.839. The van der Waals surface area contributed by atoms with Crippen molar-refractivity contribution in [3.05, 3.63) is 0 Å². The lowest BCUT2D eigenvalue weighted by atomic mass is 10.8. The molecule has 0 aromatic rings. The van der Waals surface area contributed by atoms with E-state index in [-0.39, 0.29) is 6.54 Å². The van der Waals surface area contributed by atoms with Gasteiger partial charge in [-0.1, -0.05) is 0 Å². The maximum Gasteiger partial charge on any atom is 0.422 e. The predicted molar refractivity (Wildman–Crippen MR) is 38.8 cm³/mol. The molecule has 0 aromatic heterocycles. The molecule has 4 nitrogen and oxygen atoms in total. The monoisotopic (exact) mass is 185 g/mol. The van der Waals surface area contributed by atoms with Crippen molar-refractivity contribution in [1.82, 2.24) is 4.31 Å². The van der Waals surface area contributed by atoms with Crippen LogP contribution in [-0.4, -0.2) is 28.3 Å². The van der Waals surface area contributed by atoms with Crippen LogP contribution >= 0.6 is 10.7 Å². The summed E-state index contributed by atoms with van der Waals surface area (Å²) >= 11 is 0. The molecule has 0 bridgehead atoms. The number of ether oxygens (including phenoxy) is 1. The molecule has 0 fully saturated rings. The number of halogens is 1. The van der Waals surface area contributed by atoms with Gasteiger partial charge in [0.15, 0.2) is 0 Å². The summed E-state index contributed by atoms with van der Waals surface area (Å²) in [4.78, 5) is 10.6. The first kappa shape index (κ1) is 9.71. The molecule has 1 amide bonds. The van der Waals surface area contributed by atoms with Gasteiger partial charge in [-0.05, 0) is 6.92 Å². The molecule has 0 saturated heterocycles. The third kappa shape index (κ3) is 2.53. The van der Waals surface area contributed by atoms with Crippen LogP contribution < -0.4 is 0 Å². The summed E-state index contributed by atoms with van der Waals surface area (Å²) in [5.74, 6) is 0. The van der Waals surface area contributed by atoms with Crippen LogP contribution in [0.5, 0.6) is 0 Å². The predicted octanol–water partition coefficient (Wildman–Crippen LogP) is 0.892. The number of hydrogen-bond donors (Lipinski definition) is 0. The second-order valence-electron chi connectivity index (χ2n) is 1.37. The van der Waals surface area contributed by atoms with Crippen molar-refractivity contribution in [3.63, 3.8) is 0 Å². The van der Waals surface area contributed by atoms with Gasteiger partial charge in [-0.2, -0.15) is 0 Å². The minimum atomic E-state index is -1.80. The fraction of sp³-hybridized carbons (Fsp3) is 0.750. The molecule has 0 heterocycles. The zero-order chi connectivity index (χ0) is 8.15. The van der Waals surface area contributed by atoms with E-state index in [1.165, 1.54) is 7.11 Å². The Labute approximate surface area is 66.2 Å². The van der Waals surface area contributed by atoms with Crippen molar-refractivity contribution in [3.8, 4) is 0 Å². The summed E-state index contributed by atoms with van der Waals surface area (Å²) in [6.07, 6.45) is -0.684. The Morgan fingerprint density at radius 2 is 2.30 bits per heavy atom. The van der Waals surface area contributed by atoms with Gasteiger partial charge in [0.25, 0.3) is 0 Å². The smallest absolute Gasteiger partial charge is 0.422 e. The van der Waals surface area contributed by atoms with Crippen LogP contribution in [-0.2, 0) is 14.9 Å². The highest BCUT2D eigenvalue weighted by molar-refractivity contribution is 8.06. The van der Waals surface area contributed by atoms with Crippen molar-refractivity contribution < 1.29 is 13.7 Å². The first-order valence-corrected chi connectivity index (χ1v) is 4.50. The van der Waals surface area contributed by atoms with Crippen LogP contribution in [0.1, 0.15) is 6.92 Å². The van der Waals surface area contributed by atoms with Gasteiger partial charge in [-0.15, -0.1) is 0 Å². The van der Waals surface area contributed by atoms with Crippen LogP contribution in [0.4, 0.5) is 4.79 Å². The molecule has 0 aromatic carbocycles. The summed E-state index contributed by atoms with van der Waals surface area (Å²) in [5, 5.41) is 0. The second kappa shape index (κ2) is 4.51. The molecule has 10 heavy (non-hydrogen) atoms. The van der Waals surface area contributed by atoms with E-state index < -0.39 is 16.3 Å². The Hall–Kier alpha value is -0.290. The molecule has 0 aliphatic rings. The summed E-state index contributed by atoms with van der Waals surface area (Å²) in [7, 11) is 4.52. The average molecular weight is 186 g/mol. The van der Waals surface area contributed by atoms with E-state index >= 15 is 0 Å². The first-order valence-electron chi connectivity index (χ1n) is 2.57. The van der Waals surface area contributed by atoms with E-state index in [0.717, 1.165) is 4.31 Å².